The second-order valence-corrected chi connectivity index (χ2v) is 9.57. The first-order valence-electron chi connectivity index (χ1n) is 12.1. The van der Waals surface area contributed by atoms with E-state index in [0.29, 0.717) is 19.7 Å². The summed E-state index contributed by atoms with van der Waals surface area (Å²) in [7, 11) is 25.3. The van der Waals surface area contributed by atoms with Crippen molar-refractivity contribution in [3.8, 4) is 5.75 Å². The van der Waals surface area contributed by atoms with E-state index in [1.165, 1.54) is 6.07 Å². The topological polar surface area (TPSA) is 105 Å². The standard InChI is InChI=1S/C25H21B4N3O6/c26-15-9-16(27)22(38-11-14-3-1-13(2-4-14)10-31-7-8-37-12-19(31)34)21-20(15)24(36)32(25(21,28)29)17-5-6-18(33)30-23(17)35/h1-4,9,17H,5-8,10-12H2,(H,30,33,35). The third-order valence-electron chi connectivity index (χ3n) is 6.96. The van der Waals surface area contributed by atoms with E-state index in [-0.39, 0.29) is 59.8 Å². The van der Waals surface area contributed by atoms with Gasteiger partial charge in [-0.1, -0.05) is 41.3 Å². The molecular formula is C25H21B4N3O6. The van der Waals surface area contributed by atoms with Gasteiger partial charge in [-0.2, -0.15) is 0 Å². The zero-order valence-electron chi connectivity index (χ0n) is 20.6. The molecule has 0 aliphatic carbocycles. The Balaban J connectivity index is 1.37. The van der Waals surface area contributed by atoms with Crippen molar-refractivity contribution in [3.63, 3.8) is 0 Å². The lowest BCUT2D eigenvalue weighted by atomic mass is 9.56. The molecule has 4 amide bonds. The number of carbonyl (C=O) groups is 4. The van der Waals surface area contributed by atoms with Crippen LogP contribution >= 0.6 is 0 Å². The number of piperidine rings is 1. The highest BCUT2D eigenvalue weighted by Crippen LogP contribution is 2.41. The molecule has 0 aromatic heterocycles. The highest BCUT2D eigenvalue weighted by atomic mass is 16.5. The molecule has 2 fully saturated rings. The summed E-state index contributed by atoms with van der Waals surface area (Å²) in [4.78, 5) is 52.3. The number of nitrogens with zero attached hydrogens (tertiary/aromatic N) is 2. The first-order valence-corrected chi connectivity index (χ1v) is 12.1. The van der Waals surface area contributed by atoms with Gasteiger partial charge in [0.2, 0.25) is 17.7 Å². The first-order chi connectivity index (χ1) is 18.1. The molecule has 0 saturated carbocycles. The summed E-state index contributed by atoms with van der Waals surface area (Å²) in [6.45, 7) is 1.69. The van der Waals surface area contributed by atoms with E-state index in [9.17, 15) is 19.2 Å². The quantitative estimate of drug-likeness (QED) is 0.359. The first kappa shape index (κ1) is 26.2. The van der Waals surface area contributed by atoms with Crippen LogP contribution in [0, 0.1) is 0 Å². The van der Waals surface area contributed by atoms with Crippen LogP contribution in [0.25, 0.3) is 0 Å². The summed E-state index contributed by atoms with van der Waals surface area (Å²) in [5, 5.41) is 0.243. The smallest absolute Gasteiger partial charge is 0.253 e. The Morgan fingerprint density at radius 3 is 2.45 bits per heavy atom. The van der Waals surface area contributed by atoms with Crippen LogP contribution in [0.2, 0.25) is 0 Å². The predicted octanol–water partition coefficient (Wildman–Crippen LogP) is -2.08. The van der Waals surface area contributed by atoms with Crippen LogP contribution in [0.1, 0.15) is 39.9 Å². The van der Waals surface area contributed by atoms with Gasteiger partial charge in [-0.25, -0.2) is 0 Å². The van der Waals surface area contributed by atoms with Gasteiger partial charge in [0.05, 0.1) is 22.3 Å². The van der Waals surface area contributed by atoms with E-state index in [0.717, 1.165) is 16.0 Å². The molecule has 1 N–H and O–H groups in total. The molecular weight excluding hydrogens is 482 g/mol. The fourth-order valence-corrected chi connectivity index (χ4v) is 5.05. The summed E-state index contributed by atoms with van der Waals surface area (Å²) in [5.41, 5.74) is 2.00. The molecule has 1 unspecified atom stereocenters. The molecule has 2 aromatic rings. The van der Waals surface area contributed by atoms with Gasteiger partial charge in [0.15, 0.2) is 0 Å². The number of ether oxygens (including phenoxy) is 2. The Hall–Kier alpha value is -3.46. The second kappa shape index (κ2) is 10.0. The summed E-state index contributed by atoms with van der Waals surface area (Å²) >= 11 is 0. The Kier molecular flexibility index (Phi) is 6.90. The Labute approximate surface area is 225 Å². The molecule has 0 bridgehead atoms. The molecule has 5 rings (SSSR count). The van der Waals surface area contributed by atoms with Crippen molar-refractivity contribution >= 4 is 65.9 Å². The van der Waals surface area contributed by atoms with Gasteiger partial charge in [0, 0.05) is 30.6 Å². The molecule has 9 nitrogen and oxygen atoms in total. The van der Waals surface area contributed by atoms with Crippen LogP contribution in [0.3, 0.4) is 0 Å². The molecule has 2 aromatic carbocycles. The molecule has 2 saturated heterocycles. The van der Waals surface area contributed by atoms with Gasteiger partial charge < -0.3 is 19.3 Å². The summed E-state index contributed by atoms with van der Waals surface area (Å²) in [5.74, 6) is -1.72. The molecule has 8 radical (unpaired) electrons. The average Bonchev–Trinajstić information content (AvgIpc) is 3.07. The second-order valence-electron chi connectivity index (χ2n) is 9.57. The van der Waals surface area contributed by atoms with E-state index in [1.807, 2.05) is 24.3 Å². The lowest BCUT2D eigenvalue weighted by Gasteiger charge is -2.41. The van der Waals surface area contributed by atoms with Crippen LogP contribution in [-0.2, 0) is 37.6 Å². The minimum absolute atomic E-state index is 0.00873. The van der Waals surface area contributed by atoms with Crippen LogP contribution < -0.4 is 21.0 Å². The van der Waals surface area contributed by atoms with Crippen molar-refractivity contribution in [1.82, 2.24) is 15.1 Å². The number of rotatable bonds is 6. The van der Waals surface area contributed by atoms with E-state index < -0.39 is 29.1 Å². The largest absolute Gasteiger partial charge is 0.489 e. The highest BCUT2D eigenvalue weighted by molar-refractivity contribution is 6.48. The number of amides is 4. The molecule has 13 heteroatoms. The Bertz CT molecular complexity index is 1330. The third-order valence-corrected chi connectivity index (χ3v) is 6.96. The molecule has 184 valence electrons. The average molecular weight is 503 g/mol. The van der Waals surface area contributed by atoms with E-state index in [4.69, 9.17) is 40.9 Å². The number of morpholine rings is 1. The van der Waals surface area contributed by atoms with Crippen molar-refractivity contribution < 1.29 is 28.7 Å². The zero-order chi connectivity index (χ0) is 27.2. The molecule has 38 heavy (non-hydrogen) atoms. The van der Waals surface area contributed by atoms with E-state index in [2.05, 4.69) is 5.32 Å². The highest BCUT2D eigenvalue weighted by Gasteiger charge is 2.50. The normalized spacial score (nSPS) is 20.9. The maximum Gasteiger partial charge on any atom is 0.253 e. The number of benzene rings is 2. The predicted molar refractivity (Wildman–Crippen MR) is 140 cm³/mol. The van der Waals surface area contributed by atoms with Gasteiger partial charge in [0.25, 0.3) is 5.91 Å². The molecule has 3 aliphatic heterocycles. The van der Waals surface area contributed by atoms with Crippen LogP contribution in [0.5, 0.6) is 5.75 Å². The SMILES string of the molecule is [B]c1cc([B])c2c(c1OCc1ccc(CN3CCOCC3=O)cc1)C([B])([B])N(C1CCC(=O)NC1=O)C2=O. The number of nitrogens with one attached hydrogen (secondary N) is 1. The lowest BCUT2D eigenvalue weighted by molar-refractivity contribution is -0.143. The van der Waals surface area contributed by atoms with Crippen molar-refractivity contribution in [2.24, 2.45) is 0 Å². The van der Waals surface area contributed by atoms with Crippen molar-refractivity contribution in [2.75, 3.05) is 19.8 Å². The molecule has 3 heterocycles. The minimum Gasteiger partial charge on any atom is -0.489 e. The lowest BCUT2D eigenvalue weighted by Crippen LogP contribution is -2.59. The van der Waals surface area contributed by atoms with Gasteiger partial charge in [-0.3, -0.25) is 24.5 Å². The number of fused-ring (bicyclic) bond motifs is 1. The van der Waals surface area contributed by atoms with Gasteiger partial charge in [-0.15, -0.1) is 0 Å². The van der Waals surface area contributed by atoms with Crippen molar-refractivity contribution in [3.05, 3.63) is 52.6 Å². The number of hydrogen-bond donors (Lipinski definition) is 1. The zero-order valence-corrected chi connectivity index (χ0v) is 20.6. The van der Waals surface area contributed by atoms with Gasteiger partial charge in [-0.05, 0) is 22.9 Å². The fraction of sp³-hybridized carbons (Fsp3) is 0.360. The van der Waals surface area contributed by atoms with E-state index >= 15 is 0 Å². The van der Waals surface area contributed by atoms with Crippen molar-refractivity contribution in [1.29, 1.82) is 0 Å². The summed E-state index contributed by atoms with van der Waals surface area (Å²) < 4.78 is 11.2. The van der Waals surface area contributed by atoms with E-state index in [1.54, 1.807) is 4.90 Å². The summed E-state index contributed by atoms with van der Waals surface area (Å²) in [6, 6.07) is 7.81. The maximum absolute atomic E-state index is 13.4. The van der Waals surface area contributed by atoms with Crippen LogP contribution in [0.4, 0.5) is 0 Å². The van der Waals surface area contributed by atoms with Crippen LogP contribution in [0.15, 0.2) is 30.3 Å². The Morgan fingerprint density at radius 1 is 1.05 bits per heavy atom. The number of carbonyl (C=O) groups excluding carboxylic acids is 4. The molecule has 3 aliphatic rings. The molecule has 0 spiro atoms. The number of imide groups is 1. The Morgan fingerprint density at radius 2 is 1.76 bits per heavy atom. The molecule has 1 atom stereocenters. The maximum atomic E-state index is 13.4. The van der Waals surface area contributed by atoms with Gasteiger partial charge >= 0.3 is 0 Å². The number of hydrogen-bond acceptors (Lipinski definition) is 6. The third kappa shape index (κ3) is 4.64. The summed E-state index contributed by atoms with van der Waals surface area (Å²) in [6.07, 6.45) is 0.0950. The van der Waals surface area contributed by atoms with Crippen LogP contribution in [-0.4, -0.2) is 90.6 Å². The fourth-order valence-electron chi connectivity index (χ4n) is 5.05. The van der Waals surface area contributed by atoms with Crippen molar-refractivity contribution in [2.45, 2.75) is 37.4 Å². The minimum atomic E-state index is -1.97. The monoisotopic (exact) mass is 503 g/mol. The van der Waals surface area contributed by atoms with Gasteiger partial charge in [0.1, 0.15) is 40.7 Å².